The highest BCUT2D eigenvalue weighted by molar-refractivity contribution is 5.93. The Balaban J connectivity index is 1.64. The maximum atomic E-state index is 12.4. The third kappa shape index (κ3) is 2.84. The minimum Gasteiger partial charge on any atom is -0.348 e. The third-order valence-corrected chi connectivity index (χ3v) is 4.39. The zero-order valence-corrected chi connectivity index (χ0v) is 11.4. The van der Waals surface area contributed by atoms with E-state index in [9.17, 15) is 4.79 Å². The minimum atomic E-state index is 0.101. The predicted molar refractivity (Wildman–Crippen MR) is 75.3 cm³/mol. The number of nitrogens with zero attached hydrogens (tertiary/aromatic N) is 1. The summed E-state index contributed by atoms with van der Waals surface area (Å²) in [5.41, 5.74) is 0.835. The van der Waals surface area contributed by atoms with Crippen molar-refractivity contribution in [3.05, 3.63) is 24.0 Å². The Bertz CT molecular complexity index is 428. The molecule has 1 aliphatic carbocycles. The molecule has 104 valence electrons. The molecular weight excluding hydrogens is 238 g/mol. The molecule has 1 atom stereocenters. The first-order valence-electron chi connectivity index (χ1n) is 7.53. The molecule has 19 heavy (non-hydrogen) atoms. The quantitative estimate of drug-likeness (QED) is 0.875. The summed E-state index contributed by atoms with van der Waals surface area (Å²) in [6.07, 6.45) is 9.03. The number of aromatic nitrogens is 1. The van der Waals surface area contributed by atoms with Crippen LogP contribution in [0.15, 0.2) is 18.3 Å². The molecule has 0 spiro atoms. The average molecular weight is 261 g/mol. The Labute approximate surface area is 114 Å². The Morgan fingerprint density at radius 3 is 2.89 bits per heavy atom. The lowest BCUT2D eigenvalue weighted by molar-refractivity contribution is 0.0919. The highest BCUT2D eigenvalue weighted by Crippen LogP contribution is 2.32. The zero-order chi connectivity index (χ0) is 13.1. The van der Waals surface area contributed by atoms with Crippen molar-refractivity contribution in [2.24, 2.45) is 0 Å². The van der Waals surface area contributed by atoms with Crippen molar-refractivity contribution in [2.75, 3.05) is 13.1 Å². The molecule has 3 rings (SSSR count). The molecule has 0 radical (unpaired) electrons. The summed E-state index contributed by atoms with van der Waals surface area (Å²) in [5.74, 6) is 0.101. The number of carbonyl (C=O) groups is 1. The fourth-order valence-electron chi connectivity index (χ4n) is 2.99. The molecule has 1 unspecified atom stereocenters. The molecule has 2 aliphatic rings. The van der Waals surface area contributed by atoms with E-state index in [1.54, 1.807) is 0 Å². The number of carbonyl (C=O) groups excluding carboxylic acids is 1. The summed E-state index contributed by atoms with van der Waals surface area (Å²) in [6, 6.07) is 4.81. The lowest BCUT2D eigenvalue weighted by Crippen LogP contribution is -2.37. The number of hydrogen-bond donors (Lipinski definition) is 2. The first kappa shape index (κ1) is 12.7. The van der Waals surface area contributed by atoms with Crippen LogP contribution in [0.1, 0.15) is 55.1 Å². The lowest BCUT2D eigenvalue weighted by Gasteiger charge is -2.29. The van der Waals surface area contributed by atoms with E-state index in [1.165, 1.54) is 19.3 Å². The van der Waals surface area contributed by atoms with Crippen LogP contribution in [0.3, 0.4) is 0 Å². The van der Waals surface area contributed by atoms with Gasteiger partial charge in [-0.1, -0.05) is 0 Å². The van der Waals surface area contributed by atoms with Gasteiger partial charge >= 0.3 is 0 Å². The number of amides is 1. The molecule has 0 bridgehead atoms. The second-order valence-corrected chi connectivity index (χ2v) is 5.74. The summed E-state index contributed by atoms with van der Waals surface area (Å²) in [6.45, 7) is 2.08. The summed E-state index contributed by atoms with van der Waals surface area (Å²) in [7, 11) is 0. The molecule has 1 saturated carbocycles. The van der Waals surface area contributed by atoms with Crippen molar-refractivity contribution in [2.45, 2.75) is 50.6 Å². The van der Waals surface area contributed by atoms with Gasteiger partial charge in [-0.25, -0.2) is 0 Å². The van der Waals surface area contributed by atoms with Crippen LogP contribution in [-0.2, 0) is 0 Å². The van der Waals surface area contributed by atoms with Crippen molar-refractivity contribution < 1.29 is 4.79 Å². The Morgan fingerprint density at radius 1 is 1.21 bits per heavy atom. The molecule has 4 nitrogen and oxygen atoms in total. The van der Waals surface area contributed by atoms with E-state index >= 15 is 0 Å². The van der Waals surface area contributed by atoms with Gasteiger partial charge in [0.25, 0.3) is 5.91 Å². The van der Waals surface area contributed by atoms with Gasteiger partial charge in [-0.15, -0.1) is 0 Å². The van der Waals surface area contributed by atoms with Crippen LogP contribution < -0.4 is 10.6 Å². The van der Waals surface area contributed by atoms with E-state index in [0.717, 1.165) is 38.0 Å². The summed E-state index contributed by atoms with van der Waals surface area (Å²) < 4.78 is 2.16. The molecule has 2 N–H and O–H groups in total. The van der Waals surface area contributed by atoms with E-state index in [4.69, 9.17) is 0 Å². The Morgan fingerprint density at radius 2 is 2.11 bits per heavy atom. The Kier molecular flexibility index (Phi) is 3.87. The van der Waals surface area contributed by atoms with Crippen molar-refractivity contribution in [3.8, 4) is 0 Å². The Hall–Kier alpha value is -1.29. The van der Waals surface area contributed by atoms with Gasteiger partial charge in [0.2, 0.25) is 0 Å². The molecule has 1 amide bonds. The van der Waals surface area contributed by atoms with Crippen molar-refractivity contribution in [3.63, 3.8) is 0 Å². The lowest BCUT2D eigenvalue weighted by atomic mass is 9.93. The highest BCUT2D eigenvalue weighted by atomic mass is 16.2. The fraction of sp³-hybridized carbons (Fsp3) is 0.667. The zero-order valence-electron chi connectivity index (χ0n) is 11.4. The van der Waals surface area contributed by atoms with Gasteiger partial charge < -0.3 is 15.2 Å². The fourth-order valence-corrected chi connectivity index (χ4v) is 2.99. The van der Waals surface area contributed by atoms with Gasteiger partial charge in [0.05, 0.1) is 0 Å². The van der Waals surface area contributed by atoms with Crippen LogP contribution in [0.2, 0.25) is 0 Å². The molecular formula is C15H23N3O. The SMILES string of the molecule is O=C(NC1CCCNCC1)c1cccn1C1CCC1. The summed E-state index contributed by atoms with van der Waals surface area (Å²) in [5, 5.41) is 6.58. The van der Waals surface area contributed by atoms with Gasteiger partial charge in [0.1, 0.15) is 5.69 Å². The van der Waals surface area contributed by atoms with Gasteiger partial charge in [0, 0.05) is 18.3 Å². The molecule has 1 aromatic heterocycles. The minimum absolute atomic E-state index is 0.101. The second-order valence-electron chi connectivity index (χ2n) is 5.74. The molecule has 1 aliphatic heterocycles. The van der Waals surface area contributed by atoms with Crippen LogP contribution >= 0.6 is 0 Å². The van der Waals surface area contributed by atoms with Gasteiger partial charge in [-0.05, 0) is 63.7 Å². The smallest absolute Gasteiger partial charge is 0.268 e. The monoisotopic (exact) mass is 261 g/mol. The highest BCUT2D eigenvalue weighted by Gasteiger charge is 2.24. The first-order chi connectivity index (χ1) is 9.34. The number of rotatable bonds is 3. The van der Waals surface area contributed by atoms with Crippen LogP contribution in [-0.4, -0.2) is 29.6 Å². The first-order valence-corrected chi connectivity index (χ1v) is 7.53. The second kappa shape index (κ2) is 5.78. The van der Waals surface area contributed by atoms with Gasteiger partial charge in [-0.3, -0.25) is 4.79 Å². The molecule has 2 heterocycles. The number of nitrogens with one attached hydrogen (secondary N) is 2. The maximum Gasteiger partial charge on any atom is 0.268 e. The average Bonchev–Trinajstić information content (AvgIpc) is 2.65. The molecule has 0 aromatic carbocycles. The van der Waals surface area contributed by atoms with Crippen molar-refractivity contribution in [1.82, 2.24) is 15.2 Å². The molecule has 4 heteroatoms. The van der Waals surface area contributed by atoms with Gasteiger partial charge in [0.15, 0.2) is 0 Å². The van der Waals surface area contributed by atoms with Crippen molar-refractivity contribution >= 4 is 5.91 Å². The normalized spacial score (nSPS) is 24.5. The van der Waals surface area contributed by atoms with Crippen LogP contribution in [0.25, 0.3) is 0 Å². The topological polar surface area (TPSA) is 46.1 Å². The van der Waals surface area contributed by atoms with E-state index in [0.29, 0.717) is 12.1 Å². The third-order valence-electron chi connectivity index (χ3n) is 4.39. The summed E-state index contributed by atoms with van der Waals surface area (Å²) in [4.78, 5) is 12.4. The van der Waals surface area contributed by atoms with E-state index in [1.807, 2.05) is 18.3 Å². The van der Waals surface area contributed by atoms with Crippen molar-refractivity contribution in [1.29, 1.82) is 0 Å². The van der Waals surface area contributed by atoms with Crippen LogP contribution in [0, 0.1) is 0 Å². The van der Waals surface area contributed by atoms with E-state index in [2.05, 4.69) is 15.2 Å². The largest absolute Gasteiger partial charge is 0.348 e. The van der Waals surface area contributed by atoms with Crippen LogP contribution in [0.4, 0.5) is 0 Å². The van der Waals surface area contributed by atoms with Crippen LogP contribution in [0.5, 0.6) is 0 Å². The number of hydrogen-bond acceptors (Lipinski definition) is 2. The molecule has 1 aromatic rings. The van der Waals surface area contributed by atoms with Gasteiger partial charge in [-0.2, -0.15) is 0 Å². The standard InChI is InChI=1S/C15H23N3O/c19-15(17-12-4-2-9-16-10-8-12)14-7-3-11-18(14)13-5-1-6-13/h3,7,11-13,16H,1-2,4-6,8-10H2,(H,17,19). The van der Waals surface area contributed by atoms with E-state index in [-0.39, 0.29) is 5.91 Å². The summed E-state index contributed by atoms with van der Waals surface area (Å²) >= 11 is 0. The molecule has 1 saturated heterocycles. The van der Waals surface area contributed by atoms with E-state index < -0.39 is 0 Å². The predicted octanol–water partition coefficient (Wildman–Crippen LogP) is 2.08. The maximum absolute atomic E-state index is 12.4. The molecule has 2 fully saturated rings.